The Bertz CT molecular complexity index is 602. The molecule has 0 aromatic heterocycles. The Kier molecular flexibility index (Phi) is 3.31. The second kappa shape index (κ2) is 4.62. The molecule has 0 spiro atoms. The van der Waals surface area contributed by atoms with E-state index in [4.69, 9.17) is 5.26 Å². The van der Waals surface area contributed by atoms with E-state index in [1.807, 2.05) is 24.9 Å². The van der Waals surface area contributed by atoms with Crippen LogP contribution >= 0.6 is 0 Å². The van der Waals surface area contributed by atoms with Crippen LogP contribution < -0.4 is 4.90 Å². The minimum absolute atomic E-state index is 0.233. The highest BCUT2D eigenvalue weighted by Crippen LogP contribution is 2.29. The molecule has 1 aromatic rings. The van der Waals surface area contributed by atoms with E-state index in [2.05, 4.69) is 6.07 Å². The summed E-state index contributed by atoms with van der Waals surface area (Å²) in [4.78, 5) is 2.30. The van der Waals surface area contributed by atoms with Gasteiger partial charge in [0.15, 0.2) is 9.84 Å². The van der Waals surface area contributed by atoms with Crippen LogP contribution in [0.5, 0.6) is 0 Å². The minimum Gasteiger partial charge on any atom is -0.359 e. The van der Waals surface area contributed by atoms with Crippen LogP contribution in [0.2, 0.25) is 0 Å². The van der Waals surface area contributed by atoms with Gasteiger partial charge in [-0.1, -0.05) is 0 Å². The Balaban J connectivity index is 2.43. The lowest BCUT2D eigenvalue weighted by molar-refractivity contribution is 0.586. The van der Waals surface area contributed by atoms with Gasteiger partial charge in [-0.3, -0.25) is 0 Å². The van der Waals surface area contributed by atoms with Crippen molar-refractivity contribution in [1.29, 1.82) is 5.26 Å². The van der Waals surface area contributed by atoms with Gasteiger partial charge in [0.25, 0.3) is 0 Å². The van der Waals surface area contributed by atoms with Crippen LogP contribution in [-0.2, 0) is 16.3 Å². The zero-order chi connectivity index (χ0) is 13.3. The van der Waals surface area contributed by atoms with E-state index in [9.17, 15) is 8.42 Å². The first kappa shape index (κ1) is 12.9. The summed E-state index contributed by atoms with van der Waals surface area (Å²) in [5.41, 5.74) is 1.76. The number of hydrogen-bond donors (Lipinski definition) is 0. The smallest absolute Gasteiger partial charge is 0.178 e. The first-order chi connectivity index (χ1) is 8.45. The quantitative estimate of drug-likeness (QED) is 0.816. The first-order valence-corrected chi connectivity index (χ1v) is 7.59. The maximum absolute atomic E-state index is 11.9. The molecule has 4 nitrogen and oxygen atoms in total. The molecular weight excluding hydrogens is 248 g/mol. The highest BCUT2D eigenvalue weighted by Gasteiger charge is 2.24. The Morgan fingerprint density at radius 3 is 2.83 bits per heavy atom. The zero-order valence-corrected chi connectivity index (χ0v) is 11.4. The molecule has 0 saturated carbocycles. The molecule has 0 amide bonds. The highest BCUT2D eigenvalue weighted by atomic mass is 32.2. The van der Waals surface area contributed by atoms with Crippen molar-refractivity contribution in [2.75, 3.05) is 17.7 Å². The summed E-state index contributed by atoms with van der Waals surface area (Å²) in [6.45, 7) is 1.82. The molecular formula is C13H16N2O2S. The van der Waals surface area contributed by atoms with Crippen molar-refractivity contribution < 1.29 is 8.42 Å². The predicted octanol–water partition coefficient (Wildman–Crippen LogP) is 1.75. The molecule has 0 radical (unpaired) electrons. The standard InChI is InChI=1S/C13H16N2O2S/c1-10(9-14)15(2)12-5-6-13-11(8-12)4-3-7-18(13,16)17/h5-6,8,10H,3-4,7H2,1-2H3. The molecule has 1 aliphatic rings. The van der Waals surface area contributed by atoms with Gasteiger partial charge in [0.05, 0.1) is 16.7 Å². The molecule has 1 heterocycles. The minimum atomic E-state index is -3.09. The Hall–Kier alpha value is -1.54. The van der Waals surface area contributed by atoms with Crippen molar-refractivity contribution >= 4 is 15.5 Å². The highest BCUT2D eigenvalue weighted by molar-refractivity contribution is 7.91. The van der Waals surface area contributed by atoms with E-state index < -0.39 is 9.84 Å². The summed E-state index contributed by atoms with van der Waals surface area (Å²) in [6, 6.07) is 7.26. The van der Waals surface area contributed by atoms with Gasteiger partial charge in [0.1, 0.15) is 6.04 Å². The average Bonchev–Trinajstić information content (AvgIpc) is 2.36. The molecule has 2 rings (SSSR count). The fourth-order valence-corrected chi connectivity index (χ4v) is 3.74. The van der Waals surface area contributed by atoms with E-state index in [-0.39, 0.29) is 11.8 Å². The van der Waals surface area contributed by atoms with Crippen LogP contribution in [0.4, 0.5) is 5.69 Å². The van der Waals surface area contributed by atoms with Crippen LogP contribution in [0, 0.1) is 11.3 Å². The molecule has 0 N–H and O–H groups in total. The SMILES string of the molecule is CC(C#N)N(C)c1ccc2c(c1)CCCS2(=O)=O. The number of hydrogen-bond acceptors (Lipinski definition) is 4. The number of anilines is 1. The molecule has 1 aliphatic heterocycles. The van der Waals surface area contributed by atoms with Gasteiger partial charge in [-0.2, -0.15) is 5.26 Å². The summed E-state index contributed by atoms with van der Waals surface area (Å²) >= 11 is 0. The lowest BCUT2D eigenvalue weighted by Gasteiger charge is -2.24. The Morgan fingerprint density at radius 1 is 1.44 bits per heavy atom. The number of rotatable bonds is 2. The number of nitriles is 1. The first-order valence-electron chi connectivity index (χ1n) is 5.94. The van der Waals surface area contributed by atoms with Crippen LogP contribution in [0.25, 0.3) is 0 Å². The summed E-state index contributed by atoms with van der Waals surface area (Å²) in [7, 11) is -1.25. The van der Waals surface area contributed by atoms with Gasteiger partial charge < -0.3 is 4.90 Å². The third-order valence-electron chi connectivity index (χ3n) is 3.41. The number of benzene rings is 1. The van der Waals surface area contributed by atoms with Crippen LogP contribution in [0.15, 0.2) is 23.1 Å². The second-order valence-corrected chi connectivity index (χ2v) is 6.71. The van der Waals surface area contributed by atoms with Gasteiger partial charge in [-0.15, -0.1) is 0 Å². The summed E-state index contributed by atoms with van der Waals surface area (Å²) in [5, 5.41) is 8.90. The molecule has 18 heavy (non-hydrogen) atoms. The Morgan fingerprint density at radius 2 is 2.17 bits per heavy atom. The molecule has 0 saturated heterocycles. The zero-order valence-electron chi connectivity index (χ0n) is 10.5. The van der Waals surface area contributed by atoms with Crippen molar-refractivity contribution in [2.45, 2.75) is 30.7 Å². The number of fused-ring (bicyclic) bond motifs is 1. The lowest BCUT2D eigenvalue weighted by Crippen LogP contribution is -2.27. The lowest BCUT2D eigenvalue weighted by atomic mass is 10.1. The summed E-state index contributed by atoms with van der Waals surface area (Å²) < 4.78 is 23.8. The molecule has 0 bridgehead atoms. The summed E-state index contributed by atoms with van der Waals surface area (Å²) in [6.07, 6.45) is 1.47. The average molecular weight is 264 g/mol. The normalized spacial score (nSPS) is 18.5. The number of sulfone groups is 1. The predicted molar refractivity (Wildman–Crippen MR) is 70.3 cm³/mol. The molecule has 1 aromatic carbocycles. The van der Waals surface area contributed by atoms with E-state index in [1.54, 1.807) is 12.1 Å². The van der Waals surface area contributed by atoms with Crippen LogP contribution in [0.1, 0.15) is 18.9 Å². The molecule has 1 unspecified atom stereocenters. The number of aryl methyl sites for hydroxylation is 1. The molecule has 5 heteroatoms. The topological polar surface area (TPSA) is 61.2 Å². The van der Waals surface area contributed by atoms with Gasteiger partial charge in [0, 0.05) is 12.7 Å². The van der Waals surface area contributed by atoms with E-state index in [0.29, 0.717) is 11.3 Å². The molecule has 1 atom stereocenters. The van der Waals surface area contributed by atoms with Crippen molar-refractivity contribution in [1.82, 2.24) is 0 Å². The van der Waals surface area contributed by atoms with Crippen LogP contribution in [0.3, 0.4) is 0 Å². The monoisotopic (exact) mass is 264 g/mol. The van der Waals surface area contributed by atoms with Crippen LogP contribution in [-0.4, -0.2) is 27.3 Å². The second-order valence-electron chi connectivity index (χ2n) is 4.63. The Labute approximate surface area is 108 Å². The third kappa shape index (κ3) is 2.21. The van der Waals surface area contributed by atoms with Gasteiger partial charge in [0.2, 0.25) is 0 Å². The summed E-state index contributed by atoms with van der Waals surface area (Å²) in [5.74, 6) is 0.240. The third-order valence-corrected chi connectivity index (χ3v) is 5.31. The van der Waals surface area contributed by atoms with Crippen molar-refractivity contribution in [3.63, 3.8) is 0 Å². The van der Waals surface area contributed by atoms with Crippen molar-refractivity contribution in [3.05, 3.63) is 23.8 Å². The van der Waals surface area contributed by atoms with E-state index in [1.165, 1.54) is 0 Å². The van der Waals surface area contributed by atoms with Gasteiger partial charge >= 0.3 is 0 Å². The number of nitrogens with zero attached hydrogens (tertiary/aromatic N) is 2. The van der Waals surface area contributed by atoms with Crippen molar-refractivity contribution in [2.24, 2.45) is 0 Å². The fraction of sp³-hybridized carbons (Fsp3) is 0.462. The molecule has 0 aliphatic carbocycles. The van der Waals surface area contributed by atoms with Crippen molar-refractivity contribution in [3.8, 4) is 6.07 Å². The largest absolute Gasteiger partial charge is 0.359 e. The maximum atomic E-state index is 11.9. The van der Waals surface area contributed by atoms with E-state index in [0.717, 1.165) is 17.7 Å². The van der Waals surface area contributed by atoms with Gasteiger partial charge in [-0.05, 0) is 43.5 Å². The fourth-order valence-electron chi connectivity index (χ4n) is 2.16. The molecule has 0 fully saturated rings. The maximum Gasteiger partial charge on any atom is 0.178 e. The molecule has 96 valence electrons. The van der Waals surface area contributed by atoms with E-state index >= 15 is 0 Å². The van der Waals surface area contributed by atoms with Gasteiger partial charge in [-0.25, -0.2) is 8.42 Å².